The smallest absolute Gasteiger partial charge is 0.240 e. The van der Waals surface area contributed by atoms with E-state index in [0.717, 1.165) is 12.2 Å². The van der Waals surface area contributed by atoms with Crippen LogP contribution >= 0.6 is 0 Å². The largest absolute Gasteiger partial charge is 0.368 e. The van der Waals surface area contributed by atoms with Gasteiger partial charge in [0.25, 0.3) is 0 Å². The number of carbonyl (C=O) groups excluding carboxylic acids is 2. The number of anilines is 1. The van der Waals surface area contributed by atoms with Crippen molar-refractivity contribution in [2.24, 2.45) is 5.73 Å². The minimum Gasteiger partial charge on any atom is -0.368 e. The number of hydrogen-bond donors (Lipinski definition) is 2. The van der Waals surface area contributed by atoms with E-state index in [1.54, 1.807) is 11.9 Å². The minimum absolute atomic E-state index is 0.0515. The number of nitrogens with zero attached hydrogens (tertiary/aromatic N) is 2. The van der Waals surface area contributed by atoms with Crippen molar-refractivity contribution in [2.75, 3.05) is 38.1 Å². The average Bonchev–Trinajstić information content (AvgIpc) is 2.47. The summed E-state index contributed by atoms with van der Waals surface area (Å²) < 4.78 is 0. The summed E-state index contributed by atoms with van der Waals surface area (Å²) in [7, 11) is 1.74. The Bertz CT molecular complexity index is 477. The predicted octanol–water partition coefficient (Wildman–Crippen LogP) is -0.591. The Labute approximate surface area is 118 Å². The van der Waals surface area contributed by atoms with E-state index in [2.05, 4.69) is 5.32 Å². The molecule has 6 heteroatoms. The van der Waals surface area contributed by atoms with Crippen LogP contribution in [0.2, 0.25) is 0 Å². The molecule has 1 unspecified atom stereocenters. The van der Waals surface area contributed by atoms with Crippen LogP contribution < -0.4 is 16.0 Å². The fourth-order valence-electron chi connectivity index (χ4n) is 2.29. The van der Waals surface area contributed by atoms with Gasteiger partial charge in [-0.25, -0.2) is 0 Å². The number of amides is 2. The number of likely N-dealkylation sites (N-methyl/N-ethyl adjacent to an activating group) is 1. The Morgan fingerprint density at radius 1 is 1.40 bits per heavy atom. The van der Waals surface area contributed by atoms with E-state index >= 15 is 0 Å². The highest BCUT2D eigenvalue weighted by Gasteiger charge is 2.29. The second-order valence-electron chi connectivity index (χ2n) is 4.88. The third kappa shape index (κ3) is 3.34. The highest BCUT2D eigenvalue weighted by atomic mass is 16.2. The summed E-state index contributed by atoms with van der Waals surface area (Å²) in [5, 5.41) is 3.11. The lowest BCUT2D eigenvalue weighted by Crippen LogP contribution is -2.58. The topological polar surface area (TPSA) is 78.7 Å². The second kappa shape index (κ2) is 6.49. The molecule has 108 valence electrons. The number of hydrogen-bond acceptors (Lipinski definition) is 4. The summed E-state index contributed by atoms with van der Waals surface area (Å²) in [5.41, 5.74) is 6.21. The molecule has 1 aliphatic rings. The van der Waals surface area contributed by atoms with Crippen LogP contribution in [0, 0.1) is 0 Å². The number of carbonyl (C=O) groups is 2. The Morgan fingerprint density at radius 2 is 2.10 bits per heavy atom. The quantitative estimate of drug-likeness (QED) is 0.770. The lowest BCUT2D eigenvalue weighted by molar-refractivity contribution is -0.126. The summed E-state index contributed by atoms with van der Waals surface area (Å²) >= 11 is 0. The van der Waals surface area contributed by atoms with Crippen LogP contribution in [0.5, 0.6) is 0 Å². The first kappa shape index (κ1) is 14.5. The average molecular weight is 276 g/mol. The summed E-state index contributed by atoms with van der Waals surface area (Å²) in [6, 6.07) is 9.01. The molecule has 1 atom stereocenters. The van der Waals surface area contributed by atoms with E-state index in [-0.39, 0.29) is 12.5 Å². The van der Waals surface area contributed by atoms with Crippen molar-refractivity contribution < 1.29 is 9.59 Å². The van der Waals surface area contributed by atoms with E-state index in [1.807, 2.05) is 35.2 Å². The van der Waals surface area contributed by atoms with Crippen molar-refractivity contribution in [2.45, 2.75) is 6.04 Å². The molecule has 0 spiro atoms. The zero-order chi connectivity index (χ0) is 14.5. The van der Waals surface area contributed by atoms with Gasteiger partial charge in [-0.2, -0.15) is 0 Å². The van der Waals surface area contributed by atoms with Crippen LogP contribution in [0.15, 0.2) is 30.3 Å². The monoisotopic (exact) mass is 276 g/mol. The molecule has 1 saturated heterocycles. The van der Waals surface area contributed by atoms with E-state index in [0.29, 0.717) is 13.1 Å². The summed E-state index contributed by atoms with van der Waals surface area (Å²) in [4.78, 5) is 27.1. The first-order valence-corrected chi connectivity index (χ1v) is 6.65. The Balaban J connectivity index is 2.01. The second-order valence-corrected chi connectivity index (χ2v) is 4.88. The number of nitrogens with two attached hydrogens (primary N) is 1. The molecule has 2 amide bonds. The number of para-hydroxylation sites is 1. The molecule has 2 rings (SSSR count). The summed E-state index contributed by atoms with van der Waals surface area (Å²) in [6.07, 6.45) is 0. The van der Waals surface area contributed by atoms with Gasteiger partial charge in [0.05, 0.1) is 6.54 Å². The molecule has 0 aromatic heterocycles. The van der Waals surface area contributed by atoms with Crippen LogP contribution in [0.3, 0.4) is 0 Å². The SMILES string of the molecule is CN(C(=O)CN1CCNCC1C(N)=O)c1ccccc1. The fraction of sp³-hybridized carbons (Fsp3) is 0.429. The van der Waals surface area contributed by atoms with Crippen molar-refractivity contribution in [1.82, 2.24) is 10.2 Å². The molecule has 0 bridgehead atoms. The van der Waals surface area contributed by atoms with E-state index < -0.39 is 11.9 Å². The molecule has 3 N–H and O–H groups in total. The number of rotatable bonds is 4. The van der Waals surface area contributed by atoms with Crippen molar-refractivity contribution >= 4 is 17.5 Å². The Kier molecular flexibility index (Phi) is 4.70. The lowest BCUT2D eigenvalue weighted by Gasteiger charge is -2.34. The van der Waals surface area contributed by atoms with Gasteiger partial charge >= 0.3 is 0 Å². The third-order valence-corrected chi connectivity index (χ3v) is 3.54. The number of piperazine rings is 1. The van der Waals surface area contributed by atoms with E-state index in [1.165, 1.54) is 0 Å². The number of primary amides is 1. The first-order valence-electron chi connectivity index (χ1n) is 6.65. The predicted molar refractivity (Wildman–Crippen MR) is 77.3 cm³/mol. The zero-order valence-electron chi connectivity index (χ0n) is 11.6. The lowest BCUT2D eigenvalue weighted by atomic mass is 10.2. The molecular weight excluding hydrogens is 256 g/mol. The maximum Gasteiger partial charge on any atom is 0.240 e. The van der Waals surface area contributed by atoms with Crippen molar-refractivity contribution in [3.05, 3.63) is 30.3 Å². The van der Waals surface area contributed by atoms with Gasteiger partial charge in [-0.05, 0) is 12.1 Å². The van der Waals surface area contributed by atoms with Crippen LogP contribution in [-0.4, -0.2) is 56.0 Å². The van der Waals surface area contributed by atoms with Gasteiger partial charge in [0, 0.05) is 32.4 Å². The Morgan fingerprint density at radius 3 is 2.75 bits per heavy atom. The van der Waals surface area contributed by atoms with Crippen LogP contribution in [0.4, 0.5) is 5.69 Å². The van der Waals surface area contributed by atoms with Gasteiger partial charge in [-0.1, -0.05) is 18.2 Å². The maximum atomic E-state index is 12.3. The van der Waals surface area contributed by atoms with Gasteiger partial charge in [-0.3, -0.25) is 14.5 Å². The molecule has 0 saturated carbocycles. The molecule has 1 aromatic carbocycles. The zero-order valence-corrected chi connectivity index (χ0v) is 11.6. The van der Waals surface area contributed by atoms with Crippen molar-refractivity contribution in [3.8, 4) is 0 Å². The maximum absolute atomic E-state index is 12.3. The summed E-state index contributed by atoms with van der Waals surface area (Å²) in [6.45, 7) is 2.09. The van der Waals surface area contributed by atoms with Crippen LogP contribution in [-0.2, 0) is 9.59 Å². The molecule has 6 nitrogen and oxygen atoms in total. The molecule has 1 aromatic rings. The Hall–Kier alpha value is -1.92. The van der Waals surface area contributed by atoms with Crippen LogP contribution in [0.1, 0.15) is 0 Å². The van der Waals surface area contributed by atoms with Crippen molar-refractivity contribution in [1.29, 1.82) is 0 Å². The molecule has 1 fully saturated rings. The molecule has 0 radical (unpaired) electrons. The molecule has 1 aliphatic heterocycles. The highest BCUT2D eigenvalue weighted by Crippen LogP contribution is 2.12. The van der Waals surface area contributed by atoms with Gasteiger partial charge in [0.1, 0.15) is 6.04 Å². The standard InChI is InChI=1S/C14H20N4O2/c1-17(11-5-3-2-4-6-11)13(19)10-18-8-7-16-9-12(18)14(15)20/h2-6,12,16H,7-10H2,1H3,(H2,15,20). The molecule has 1 heterocycles. The summed E-state index contributed by atoms with van der Waals surface area (Å²) in [5.74, 6) is -0.447. The molecular formula is C14H20N4O2. The van der Waals surface area contributed by atoms with Crippen molar-refractivity contribution in [3.63, 3.8) is 0 Å². The normalized spacial score (nSPS) is 19.6. The van der Waals surface area contributed by atoms with Gasteiger partial charge in [0.15, 0.2) is 0 Å². The van der Waals surface area contributed by atoms with E-state index in [9.17, 15) is 9.59 Å². The first-order chi connectivity index (χ1) is 9.59. The molecule has 0 aliphatic carbocycles. The minimum atomic E-state index is -0.420. The molecule has 20 heavy (non-hydrogen) atoms. The fourth-order valence-corrected chi connectivity index (χ4v) is 2.29. The van der Waals surface area contributed by atoms with Crippen LogP contribution in [0.25, 0.3) is 0 Å². The van der Waals surface area contributed by atoms with Gasteiger partial charge in [-0.15, -0.1) is 0 Å². The third-order valence-electron chi connectivity index (χ3n) is 3.54. The van der Waals surface area contributed by atoms with E-state index in [4.69, 9.17) is 5.73 Å². The highest BCUT2D eigenvalue weighted by molar-refractivity contribution is 5.94. The van der Waals surface area contributed by atoms with Gasteiger partial charge < -0.3 is 16.0 Å². The number of nitrogens with one attached hydrogen (secondary N) is 1. The number of benzene rings is 1. The van der Waals surface area contributed by atoms with Gasteiger partial charge in [0.2, 0.25) is 11.8 Å².